The average molecular weight is 251 g/mol. The first-order chi connectivity index (χ1) is 8.31. The fraction of sp³-hybridized carbons (Fsp3) is 0.538. The molecule has 0 N–H and O–H groups in total. The van der Waals surface area contributed by atoms with Gasteiger partial charge in [-0.15, -0.1) is 0 Å². The number of rotatable bonds is 2. The molecule has 1 saturated carbocycles. The van der Waals surface area contributed by atoms with Gasteiger partial charge in [0, 0.05) is 6.20 Å². The Balaban J connectivity index is 2.12. The van der Waals surface area contributed by atoms with Crippen LogP contribution in [-0.2, 0) is 0 Å². The van der Waals surface area contributed by atoms with Crippen molar-refractivity contribution in [3.8, 4) is 11.8 Å². The van der Waals surface area contributed by atoms with Gasteiger partial charge in [-0.1, -0.05) is 24.4 Å². The van der Waals surface area contributed by atoms with Gasteiger partial charge >= 0.3 is 0 Å². The number of aromatic nitrogens is 1. The van der Waals surface area contributed by atoms with Gasteiger partial charge in [-0.05, 0) is 31.7 Å². The lowest BCUT2D eigenvalue weighted by molar-refractivity contribution is 0.183. The molecule has 3 nitrogen and oxygen atoms in total. The second kappa shape index (κ2) is 5.88. The van der Waals surface area contributed by atoms with Gasteiger partial charge < -0.3 is 4.74 Å². The minimum absolute atomic E-state index is 0.211. The average Bonchev–Trinajstić information content (AvgIpc) is 2.58. The van der Waals surface area contributed by atoms with Crippen LogP contribution in [0.2, 0.25) is 5.15 Å². The molecule has 17 heavy (non-hydrogen) atoms. The van der Waals surface area contributed by atoms with Crippen LogP contribution in [0.25, 0.3) is 0 Å². The fourth-order valence-electron chi connectivity index (χ4n) is 2.16. The molecule has 1 heterocycles. The first-order valence-electron chi connectivity index (χ1n) is 6.02. The van der Waals surface area contributed by atoms with E-state index in [0.29, 0.717) is 11.3 Å². The molecule has 1 fully saturated rings. The molecule has 1 aromatic rings. The van der Waals surface area contributed by atoms with E-state index in [1.165, 1.54) is 25.7 Å². The lowest BCUT2D eigenvalue weighted by Gasteiger charge is -2.17. The fourth-order valence-corrected chi connectivity index (χ4v) is 2.35. The summed E-state index contributed by atoms with van der Waals surface area (Å²) in [6.45, 7) is 0. The maximum Gasteiger partial charge on any atom is 0.150 e. The van der Waals surface area contributed by atoms with E-state index in [9.17, 15) is 0 Å². The molecule has 0 saturated heterocycles. The van der Waals surface area contributed by atoms with E-state index in [1.807, 2.05) is 6.07 Å². The number of nitriles is 1. The third kappa shape index (κ3) is 3.10. The van der Waals surface area contributed by atoms with Crippen molar-refractivity contribution in [1.29, 1.82) is 5.26 Å². The highest BCUT2D eigenvalue weighted by atomic mass is 35.5. The third-order valence-corrected chi connectivity index (χ3v) is 3.36. The van der Waals surface area contributed by atoms with E-state index in [1.54, 1.807) is 12.3 Å². The van der Waals surface area contributed by atoms with Gasteiger partial charge in [-0.3, -0.25) is 0 Å². The molecule has 90 valence electrons. The van der Waals surface area contributed by atoms with Crippen LogP contribution in [-0.4, -0.2) is 11.1 Å². The zero-order valence-electron chi connectivity index (χ0n) is 9.66. The molecule has 0 bridgehead atoms. The highest BCUT2D eigenvalue weighted by molar-refractivity contribution is 6.30. The molecule has 1 aliphatic carbocycles. The van der Waals surface area contributed by atoms with Crippen LogP contribution in [0.3, 0.4) is 0 Å². The molecule has 0 radical (unpaired) electrons. The third-order valence-electron chi connectivity index (χ3n) is 3.07. The van der Waals surface area contributed by atoms with Crippen LogP contribution in [0.15, 0.2) is 12.3 Å². The Morgan fingerprint density at radius 2 is 2.00 bits per heavy atom. The van der Waals surface area contributed by atoms with Crippen molar-refractivity contribution < 1.29 is 4.74 Å². The number of ether oxygens (including phenoxy) is 1. The second-order valence-electron chi connectivity index (χ2n) is 4.32. The number of halogens is 1. The van der Waals surface area contributed by atoms with Gasteiger partial charge in [0.1, 0.15) is 17.4 Å². The molecular formula is C13H15ClN2O. The SMILES string of the molecule is N#Cc1c(OC2CCCCCC2)ccnc1Cl. The normalized spacial score (nSPS) is 17.2. The predicted octanol–water partition coefficient (Wildman–Crippen LogP) is 3.71. The standard InChI is InChI=1S/C13H15ClN2O/c14-13-11(9-15)12(7-8-16-13)17-10-5-3-1-2-4-6-10/h7-8,10H,1-6H2. The molecule has 0 unspecified atom stereocenters. The van der Waals surface area contributed by atoms with E-state index < -0.39 is 0 Å². The molecule has 4 heteroatoms. The van der Waals surface area contributed by atoms with Crippen molar-refractivity contribution in [2.75, 3.05) is 0 Å². The minimum atomic E-state index is 0.211. The molecule has 1 aliphatic rings. The van der Waals surface area contributed by atoms with Gasteiger partial charge in [0.25, 0.3) is 0 Å². The van der Waals surface area contributed by atoms with Crippen molar-refractivity contribution in [2.24, 2.45) is 0 Å². The Bertz CT molecular complexity index is 420. The van der Waals surface area contributed by atoms with E-state index in [-0.39, 0.29) is 11.3 Å². The summed E-state index contributed by atoms with van der Waals surface area (Å²) >= 11 is 5.87. The number of hydrogen-bond donors (Lipinski definition) is 0. The number of nitrogens with zero attached hydrogens (tertiary/aromatic N) is 2. The Kier molecular flexibility index (Phi) is 4.22. The lowest BCUT2D eigenvalue weighted by atomic mass is 10.1. The molecule has 0 amide bonds. The molecule has 0 aliphatic heterocycles. The first-order valence-corrected chi connectivity index (χ1v) is 6.40. The van der Waals surface area contributed by atoms with Crippen molar-refractivity contribution in [3.63, 3.8) is 0 Å². The summed E-state index contributed by atoms with van der Waals surface area (Å²) in [4.78, 5) is 3.89. The monoisotopic (exact) mass is 250 g/mol. The molecule has 1 aromatic heterocycles. The lowest BCUT2D eigenvalue weighted by Crippen LogP contribution is -2.15. The summed E-state index contributed by atoms with van der Waals surface area (Å²) in [7, 11) is 0. The number of hydrogen-bond acceptors (Lipinski definition) is 3. The van der Waals surface area contributed by atoms with Gasteiger partial charge in [-0.25, -0.2) is 4.98 Å². The van der Waals surface area contributed by atoms with Gasteiger partial charge in [-0.2, -0.15) is 5.26 Å². The Morgan fingerprint density at radius 3 is 2.65 bits per heavy atom. The summed E-state index contributed by atoms with van der Waals surface area (Å²) < 4.78 is 5.89. The van der Waals surface area contributed by atoms with Crippen molar-refractivity contribution in [2.45, 2.75) is 44.6 Å². The molecule has 0 spiro atoms. The first kappa shape index (κ1) is 12.2. The molecular weight excluding hydrogens is 236 g/mol. The van der Waals surface area contributed by atoms with E-state index >= 15 is 0 Å². The van der Waals surface area contributed by atoms with Crippen LogP contribution in [0.4, 0.5) is 0 Å². The van der Waals surface area contributed by atoms with E-state index in [2.05, 4.69) is 4.98 Å². The highest BCUT2D eigenvalue weighted by Crippen LogP contribution is 2.27. The maximum absolute atomic E-state index is 9.03. The van der Waals surface area contributed by atoms with E-state index in [0.717, 1.165) is 12.8 Å². The quantitative estimate of drug-likeness (QED) is 0.594. The van der Waals surface area contributed by atoms with Crippen LogP contribution in [0.5, 0.6) is 5.75 Å². The Morgan fingerprint density at radius 1 is 1.29 bits per heavy atom. The topological polar surface area (TPSA) is 45.9 Å². The van der Waals surface area contributed by atoms with Crippen LogP contribution in [0, 0.1) is 11.3 Å². The van der Waals surface area contributed by atoms with Crippen molar-refractivity contribution >= 4 is 11.6 Å². The smallest absolute Gasteiger partial charge is 0.150 e. The van der Waals surface area contributed by atoms with Gasteiger partial charge in [0.05, 0.1) is 6.10 Å². The summed E-state index contributed by atoms with van der Waals surface area (Å²) in [5.41, 5.74) is 0.346. The van der Waals surface area contributed by atoms with Gasteiger partial charge in [0.15, 0.2) is 5.15 Å². The summed E-state index contributed by atoms with van der Waals surface area (Å²) in [5.74, 6) is 0.569. The van der Waals surface area contributed by atoms with Crippen LogP contribution < -0.4 is 4.74 Å². The van der Waals surface area contributed by atoms with Gasteiger partial charge in [0.2, 0.25) is 0 Å². The van der Waals surface area contributed by atoms with Crippen LogP contribution in [0.1, 0.15) is 44.1 Å². The molecule has 0 aromatic carbocycles. The summed E-state index contributed by atoms with van der Waals surface area (Å²) in [6.07, 6.45) is 8.87. The largest absolute Gasteiger partial charge is 0.489 e. The second-order valence-corrected chi connectivity index (χ2v) is 4.68. The Hall–Kier alpha value is -1.27. The highest BCUT2D eigenvalue weighted by Gasteiger charge is 2.16. The van der Waals surface area contributed by atoms with Crippen molar-refractivity contribution in [1.82, 2.24) is 4.98 Å². The minimum Gasteiger partial charge on any atom is -0.489 e. The molecule has 0 atom stereocenters. The van der Waals surface area contributed by atoms with E-state index in [4.69, 9.17) is 21.6 Å². The van der Waals surface area contributed by atoms with Crippen LogP contribution >= 0.6 is 11.6 Å². The zero-order valence-corrected chi connectivity index (χ0v) is 10.4. The Labute approximate surface area is 106 Å². The molecule has 2 rings (SSSR count). The van der Waals surface area contributed by atoms with Crippen molar-refractivity contribution in [3.05, 3.63) is 23.0 Å². The summed E-state index contributed by atoms with van der Waals surface area (Å²) in [6, 6.07) is 3.77. The summed E-state index contributed by atoms with van der Waals surface area (Å²) in [5, 5.41) is 9.25. The maximum atomic E-state index is 9.03. The number of pyridine rings is 1. The zero-order chi connectivity index (χ0) is 12.1. The predicted molar refractivity (Wildman–Crippen MR) is 66.1 cm³/mol.